The van der Waals surface area contributed by atoms with Gasteiger partial charge in [-0.05, 0) is 54.2 Å². The second kappa shape index (κ2) is 7.26. The fourth-order valence-corrected chi connectivity index (χ4v) is 1.25. The van der Waals surface area contributed by atoms with E-state index < -0.39 is 5.24 Å². The van der Waals surface area contributed by atoms with Crippen LogP contribution in [0.3, 0.4) is 0 Å². The van der Waals surface area contributed by atoms with Gasteiger partial charge in [0.05, 0.1) is 0 Å². The van der Waals surface area contributed by atoms with Gasteiger partial charge in [0.25, 0.3) is 5.24 Å². The molecule has 0 amide bonds. The van der Waals surface area contributed by atoms with Crippen LogP contribution in [0.4, 0.5) is 0 Å². The molecule has 1 aromatic rings. The molecule has 16 heavy (non-hydrogen) atoms. The fraction of sp³-hybridized carbons (Fsp3) is 0.154. The minimum Gasteiger partial charge on any atom is -0.276 e. The summed E-state index contributed by atoms with van der Waals surface area (Å²) in [6.45, 7) is 10.8. The zero-order chi connectivity index (χ0) is 12.7. The number of hydrogen-bond acceptors (Lipinski definition) is 1. The van der Waals surface area contributed by atoms with E-state index in [4.69, 9.17) is 23.2 Å². The number of rotatable bonds is 2. The van der Waals surface area contributed by atoms with Crippen LogP contribution in [0.1, 0.15) is 28.4 Å². The lowest BCUT2D eigenvalue weighted by molar-refractivity contribution is 0.108. The summed E-state index contributed by atoms with van der Waals surface area (Å²) in [5, 5.41) is -0.425. The molecule has 0 saturated heterocycles. The van der Waals surface area contributed by atoms with Crippen molar-refractivity contribution in [2.75, 3.05) is 0 Å². The van der Waals surface area contributed by atoms with E-state index in [1.54, 1.807) is 12.1 Å². The molecule has 0 radical (unpaired) electrons. The lowest BCUT2D eigenvalue weighted by Gasteiger charge is -2.03. The van der Waals surface area contributed by atoms with E-state index in [9.17, 15) is 4.79 Å². The van der Waals surface area contributed by atoms with E-state index in [1.807, 2.05) is 19.9 Å². The average Bonchev–Trinajstić information content (AvgIpc) is 2.17. The zero-order valence-electron chi connectivity index (χ0n) is 9.39. The van der Waals surface area contributed by atoms with Crippen molar-refractivity contribution in [3.05, 3.63) is 53.6 Å². The molecule has 1 nitrogen and oxygen atoms in total. The van der Waals surface area contributed by atoms with Crippen LogP contribution in [0, 0.1) is 6.92 Å². The molecular formula is C13H14Cl2O. The average molecular weight is 257 g/mol. The summed E-state index contributed by atoms with van der Waals surface area (Å²) >= 11 is 10.1. The molecule has 1 rings (SSSR count). The predicted octanol–water partition coefficient (Wildman–Crippen LogP) is 4.78. The van der Waals surface area contributed by atoms with Crippen LogP contribution in [-0.4, -0.2) is 5.24 Å². The molecule has 0 bridgehead atoms. The van der Waals surface area contributed by atoms with Crippen LogP contribution >= 0.6 is 23.2 Å². The number of halogens is 2. The van der Waals surface area contributed by atoms with E-state index in [0.29, 0.717) is 5.56 Å². The quantitative estimate of drug-likeness (QED) is 0.697. The lowest BCUT2D eigenvalue weighted by Crippen LogP contribution is -1.92. The maximum atomic E-state index is 10.9. The highest BCUT2D eigenvalue weighted by Crippen LogP contribution is 2.17. The van der Waals surface area contributed by atoms with E-state index in [-0.39, 0.29) is 0 Å². The third-order valence-corrected chi connectivity index (χ3v) is 2.02. The summed E-state index contributed by atoms with van der Waals surface area (Å²) in [5.74, 6) is 0. The van der Waals surface area contributed by atoms with Gasteiger partial charge in [0.2, 0.25) is 0 Å². The first-order valence-electron chi connectivity index (χ1n) is 4.61. The highest BCUT2D eigenvalue weighted by molar-refractivity contribution is 6.67. The van der Waals surface area contributed by atoms with Crippen molar-refractivity contribution in [1.82, 2.24) is 0 Å². The molecule has 0 spiro atoms. The Morgan fingerprint density at radius 3 is 2.12 bits per heavy atom. The standard InChI is InChI=1S/C11H11ClO.C2H3Cl/c1-7(2)9-4-8(3)5-10(6-9)11(12)13;1-2-3/h4-6H,1H2,2-3H3;2H,1H2. The molecule has 0 aliphatic heterocycles. The summed E-state index contributed by atoms with van der Waals surface area (Å²) in [7, 11) is 0. The van der Waals surface area contributed by atoms with E-state index >= 15 is 0 Å². The molecule has 0 saturated carbocycles. The van der Waals surface area contributed by atoms with Gasteiger partial charge in [-0.25, -0.2) is 0 Å². The SMILES string of the molecule is C=C(C)c1cc(C)cc(C(=O)Cl)c1.C=CCl. The summed E-state index contributed by atoms with van der Waals surface area (Å²) in [6.07, 6.45) is 0. The molecule has 0 unspecified atom stereocenters. The number of allylic oxidation sites excluding steroid dienone is 1. The van der Waals surface area contributed by atoms with E-state index in [0.717, 1.165) is 16.7 Å². The van der Waals surface area contributed by atoms with Crippen molar-refractivity contribution in [2.24, 2.45) is 0 Å². The molecule has 1 aromatic carbocycles. The second-order valence-electron chi connectivity index (χ2n) is 3.30. The van der Waals surface area contributed by atoms with Gasteiger partial charge in [-0.1, -0.05) is 36.4 Å². The number of benzene rings is 1. The maximum Gasteiger partial charge on any atom is 0.252 e. The Kier molecular flexibility index (Phi) is 6.78. The highest BCUT2D eigenvalue weighted by Gasteiger charge is 2.04. The van der Waals surface area contributed by atoms with Gasteiger partial charge >= 0.3 is 0 Å². The van der Waals surface area contributed by atoms with Crippen molar-refractivity contribution in [1.29, 1.82) is 0 Å². The van der Waals surface area contributed by atoms with Crippen molar-refractivity contribution < 1.29 is 4.79 Å². The molecule has 0 aromatic heterocycles. The van der Waals surface area contributed by atoms with Gasteiger partial charge in [0, 0.05) is 5.56 Å². The van der Waals surface area contributed by atoms with Gasteiger partial charge in [0.1, 0.15) is 0 Å². The minimum absolute atomic E-state index is 0.425. The first kappa shape index (κ1) is 14.9. The Bertz CT molecular complexity index is 376. The van der Waals surface area contributed by atoms with E-state index in [1.165, 1.54) is 5.54 Å². The van der Waals surface area contributed by atoms with Crippen molar-refractivity contribution in [2.45, 2.75) is 13.8 Å². The lowest BCUT2D eigenvalue weighted by atomic mass is 10.0. The monoisotopic (exact) mass is 256 g/mol. The third kappa shape index (κ3) is 5.15. The molecule has 0 aliphatic carbocycles. The maximum absolute atomic E-state index is 10.9. The number of aryl methyl sites for hydroxylation is 1. The van der Waals surface area contributed by atoms with Crippen molar-refractivity contribution >= 4 is 34.0 Å². The third-order valence-electron chi connectivity index (χ3n) is 1.80. The second-order valence-corrected chi connectivity index (χ2v) is 3.95. The predicted molar refractivity (Wildman–Crippen MR) is 72.1 cm³/mol. The van der Waals surface area contributed by atoms with Crippen LogP contribution in [0.25, 0.3) is 5.57 Å². The van der Waals surface area contributed by atoms with Crippen LogP contribution in [-0.2, 0) is 0 Å². The first-order valence-corrected chi connectivity index (χ1v) is 5.42. The summed E-state index contributed by atoms with van der Waals surface area (Å²) in [6, 6.07) is 5.50. The summed E-state index contributed by atoms with van der Waals surface area (Å²) < 4.78 is 0. The molecule has 0 fully saturated rings. The van der Waals surface area contributed by atoms with E-state index in [2.05, 4.69) is 13.2 Å². The molecule has 0 aliphatic rings. The highest BCUT2D eigenvalue weighted by atomic mass is 35.5. The van der Waals surface area contributed by atoms with Crippen molar-refractivity contribution in [3.63, 3.8) is 0 Å². The summed E-state index contributed by atoms with van der Waals surface area (Å²) in [4.78, 5) is 10.9. The molecule has 0 N–H and O–H groups in total. The topological polar surface area (TPSA) is 17.1 Å². The Morgan fingerprint density at radius 1 is 1.31 bits per heavy atom. The minimum atomic E-state index is -0.425. The van der Waals surface area contributed by atoms with Crippen LogP contribution in [0.2, 0.25) is 0 Å². The Balaban J connectivity index is 0.000000673. The Morgan fingerprint density at radius 2 is 1.75 bits per heavy atom. The normalized spacial score (nSPS) is 8.75. The Hall–Kier alpha value is -1.05. The first-order chi connectivity index (χ1) is 7.42. The fourth-order valence-electron chi connectivity index (χ4n) is 1.14. The van der Waals surface area contributed by atoms with Gasteiger partial charge in [-0.15, -0.1) is 0 Å². The molecular weight excluding hydrogens is 243 g/mol. The Labute approximate surface area is 106 Å². The number of carbonyl (C=O) groups excluding carboxylic acids is 1. The smallest absolute Gasteiger partial charge is 0.252 e. The summed E-state index contributed by atoms with van der Waals surface area (Å²) in [5.41, 5.74) is 4.66. The number of hydrogen-bond donors (Lipinski definition) is 0. The van der Waals surface area contributed by atoms with Gasteiger partial charge in [0.15, 0.2) is 0 Å². The number of carbonyl (C=O) groups is 1. The van der Waals surface area contributed by atoms with Gasteiger partial charge in [-0.3, -0.25) is 4.79 Å². The molecule has 3 heteroatoms. The largest absolute Gasteiger partial charge is 0.276 e. The molecule has 0 atom stereocenters. The van der Waals surface area contributed by atoms with Crippen molar-refractivity contribution in [3.8, 4) is 0 Å². The van der Waals surface area contributed by atoms with Gasteiger partial charge < -0.3 is 0 Å². The molecule has 0 heterocycles. The van der Waals surface area contributed by atoms with Crippen LogP contribution in [0.5, 0.6) is 0 Å². The van der Waals surface area contributed by atoms with Crippen LogP contribution in [0.15, 0.2) is 36.9 Å². The molecule has 86 valence electrons. The zero-order valence-corrected chi connectivity index (χ0v) is 10.9. The van der Waals surface area contributed by atoms with Gasteiger partial charge in [-0.2, -0.15) is 0 Å². The van der Waals surface area contributed by atoms with Crippen LogP contribution < -0.4 is 0 Å².